The third kappa shape index (κ3) is 5.44. The second-order valence-corrected chi connectivity index (χ2v) is 5.73. The quantitative estimate of drug-likeness (QED) is 0.764. The topological polar surface area (TPSA) is 66.4 Å². The third-order valence-electron chi connectivity index (χ3n) is 3.03. The Morgan fingerprint density at radius 1 is 1.41 bits per heavy atom. The highest BCUT2D eigenvalue weighted by atomic mass is 32.2. The van der Waals surface area contributed by atoms with Crippen molar-refractivity contribution in [1.82, 2.24) is 5.32 Å². The Morgan fingerprint density at radius 3 is 2.59 bits per heavy atom. The molecule has 0 aromatic carbocycles. The number of hydrogen-bond donors (Lipinski definition) is 2. The van der Waals surface area contributed by atoms with Crippen LogP contribution >= 0.6 is 11.8 Å². The minimum absolute atomic E-state index is 0.109. The predicted octanol–water partition coefficient (Wildman–Crippen LogP) is 1.89. The molecule has 1 fully saturated rings. The standard InChI is InChI=1S/C12H21NO3S/c1-2-3-10(12(15)16)13-11(14)8-9-4-6-17-7-5-9/h9-10H,2-8H2,1H3,(H,13,14)(H,15,16)/t10-/m0/s1. The van der Waals surface area contributed by atoms with Crippen molar-refractivity contribution in [2.75, 3.05) is 11.5 Å². The van der Waals surface area contributed by atoms with E-state index in [0.29, 0.717) is 18.8 Å². The Morgan fingerprint density at radius 2 is 2.06 bits per heavy atom. The first kappa shape index (κ1) is 14.4. The number of carboxylic acid groups (broad SMARTS) is 1. The van der Waals surface area contributed by atoms with Crippen LogP contribution in [-0.2, 0) is 9.59 Å². The zero-order chi connectivity index (χ0) is 12.7. The second kappa shape index (κ2) is 7.58. The van der Waals surface area contributed by atoms with Gasteiger partial charge in [0.05, 0.1) is 0 Å². The van der Waals surface area contributed by atoms with Crippen LogP contribution in [0.2, 0.25) is 0 Å². The van der Waals surface area contributed by atoms with E-state index in [-0.39, 0.29) is 5.91 Å². The summed E-state index contributed by atoms with van der Waals surface area (Å²) in [4.78, 5) is 22.6. The van der Waals surface area contributed by atoms with E-state index in [1.165, 1.54) is 0 Å². The van der Waals surface area contributed by atoms with E-state index in [0.717, 1.165) is 30.8 Å². The van der Waals surface area contributed by atoms with E-state index in [1.807, 2.05) is 18.7 Å². The highest BCUT2D eigenvalue weighted by Crippen LogP contribution is 2.25. The maximum absolute atomic E-state index is 11.7. The van der Waals surface area contributed by atoms with Crippen LogP contribution in [-0.4, -0.2) is 34.5 Å². The van der Waals surface area contributed by atoms with Crippen molar-refractivity contribution in [2.45, 2.75) is 45.1 Å². The van der Waals surface area contributed by atoms with E-state index in [4.69, 9.17) is 5.11 Å². The minimum Gasteiger partial charge on any atom is -0.480 e. The molecule has 2 N–H and O–H groups in total. The van der Waals surface area contributed by atoms with Gasteiger partial charge < -0.3 is 10.4 Å². The summed E-state index contributed by atoms with van der Waals surface area (Å²) in [7, 11) is 0. The van der Waals surface area contributed by atoms with Crippen molar-refractivity contribution < 1.29 is 14.7 Å². The Labute approximate surface area is 107 Å². The average molecular weight is 259 g/mol. The fraction of sp³-hybridized carbons (Fsp3) is 0.833. The Bertz CT molecular complexity index is 264. The van der Waals surface area contributed by atoms with Crippen LogP contribution < -0.4 is 5.32 Å². The summed E-state index contributed by atoms with van der Waals surface area (Å²) in [6.45, 7) is 1.92. The molecule has 1 rings (SSSR count). The summed E-state index contributed by atoms with van der Waals surface area (Å²) in [6.07, 6.45) is 3.89. The van der Waals surface area contributed by atoms with Gasteiger partial charge in [0.15, 0.2) is 0 Å². The first-order chi connectivity index (χ1) is 8.13. The monoisotopic (exact) mass is 259 g/mol. The normalized spacial score (nSPS) is 18.6. The molecule has 0 bridgehead atoms. The van der Waals surface area contributed by atoms with Crippen molar-refractivity contribution in [3.05, 3.63) is 0 Å². The van der Waals surface area contributed by atoms with Crippen LogP contribution in [0.25, 0.3) is 0 Å². The summed E-state index contributed by atoms with van der Waals surface area (Å²) in [5, 5.41) is 11.6. The van der Waals surface area contributed by atoms with E-state index >= 15 is 0 Å². The molecule has 0 spiro atoms. The molecule has 0 aromatic rings. The van der Waals surface area contributed by atoms with Crippen LogP contribution in [0.5, 0.6) is 0 Å². The molecule has 0 aliphatic carbocycles. The van der Waals surface area contributed by atoms with Gasteiger partial charge in [-0.05, 0) is 36.7 Å². The van der Waals surface area contributed by atoms with E-state index in [1.54, 1.807) is 0 Å². The summed E-state index contributed by atoms with van der Waals surface area (Å²) >= 11 is 1.93. The molecule has 1 aliphatic rings. The molecule has 1 amide bonds. The number of nitrogens with one attached hydrogen (secondary N) is 1. The Hall–Kier alpha value is -0.710. The fourth-order valence-electron chi connectivity index (χ4n) is 2.01. The molecule has 0 radical (unpaired) electrons. The number of carbonyl (C=O) groups is 2. The maximum atomic E-state index is 11.7. The zero-order valence-corrected chi connectivity index (χ0v) is 11.1. The molecule has 0 saturated carbocycles. The molecular formula is C12H21NO3S. The second-order valence-electron chi connectivity index (χ2n) is 4.51. The number of rotatable bonds is 6. The lowest BCUT2D eigenvalue weighted by Crippen LogP contribution is -2.41. The summed E-state index contributed by atoms with van der Waals surface area (Å²) in [5.41, 5.74) is 0. The van der Waals surface area contributed by atoms with Gasteiger partial charge in [-0.25, -0.2) is 4.79 Å². The summed E-state index contributed by atoms with van der Waals surface area (Å²) in [5.74, 6) is 1.64. The maximum Gasteiger partial charge on any atom is 0.326 e. The number of hydrogen-bond acceptors (Lipinski definition) is 3. The van der Waals surface area contributed by atoms with Gasteiger partial charge in [0.1, 0.15) is 6.04 Å². The molecule has 1 heterocycles. The van der Waals surface area contributed by atoms with Crippen LogP contribution in [0.3, 0.4) is 0 Å². The number of carbonyl (C=O) groups excluding carboxylic acids is 1. The Balaban J connectivity index is 2.33. The molecule has 5 heteroatoms. The number of amides is 1. The van der Waals surface area contributed by atoms with Gasteiger partial charge in [-0.3, -0.25) is 4.79 Å². The molecular weight excluding hydrogens is 238 g/mol. The highest BCUT2D eigenvalue weighted by molar-refractivity contribution is 7.99. The van der Waals surface area contributed by atoms with Crippen molar-refractivity contribution in [3.8, 4) is 0 Å². The van der Waals surface area contributed by atoms with Crippen molar-refractivity contribution in [2.24, 2.45) is 5.92 Å². The van der Waals surface area contributed by atoms with Gasteiger partial charge in [0.2, 0.25) is 5.91 Å². The van der Waals surface area contributed by atoms with Crippen molar-refractivity contribution >= 4 is 23.6 Å². The molecule has 17 heavy (non-hydrogen) atoms. The van der Waals surface area contributed by atoms with Crippen LogP contribution in [0.1, 0.15) is 39.0 Å². The molecule has 1 saturated heterocycles. The van der Waals surface area contributed by atoms with Crippen molar-refractivity contribution in [3.63, 3.8) is 0 Å². The Kier molecular flexibility index (Phi) is 6.40. The van der Waals surface area contributed by atoms with E-state index < -0.39 is 12.0 Å². The SMILES string of the molecule is CCC[C@H](NC(=O)CC1CCSCC1)C(=O)O. The molecule has 4 nitrogen and oxygen atoms in total. The molecule has 0 aromatic heterocycles. The van der Waals surface area contributed by atoms with Gasteiger partial charge in [-0.15, -0.1) is 0 Å². The van der Waals surface area contributed by atoms with E-state index in [9.17, 15) is 9.59 Å². The first-order valence-electron chi connectivity index (χ1n) is 6.23. The minimum atomic E-state index is -0.931. The van der Waals surface area contributed by atoms with Gasteiger partial charge >= 0.3 is 5.97 Å². The van der Waals surface area contributed by atoms with E-state index in [2.05, 4.69) is 5.32 Å². The zero-order valence-electron chi connectivity index (χ0n) is 10.3. The summed E-state index contributed by atoms with van der Waals surface area (Å²) < 4.78 is 0. The molecule has 0 unspecified atom stereocenters. The lowest BCUT2D eigenvalue weighted by atomic mass is 9.98. The first-order valence-corrected chi connectivity index (χ1v) is 7.38. The lowest BCUT2D eigenvalue weighted by molar-refractivity contribution is -0.142. The van der Waals surface area contributed by atoms with Crippen LogP contribution in [0.15, 0.2) is 0 Å². The number of carboxylic acids is 1. The van der Waals surface area contributed by atoms with Crippen molar-refractivity contribution in [1.29, 1.82) is 0 Å². The third-order valence-corrected chi connectivity index (χ3v) is 4.07. The van der Waals surface area contributed by atoms with Gasteiger partial charge in [-0.2, -0.15) is 11.8 Å². The largest absolute Gasteiger partial charge is 0.480 e. The molecule has 98 valence electrons. The van der Waals surface area contributed by atoms with Gasteiger partial charge in [0, 0.05) is 6.42 Å². The lowest BCUT2D eigenvalue weighted by Gasteiger charge is -2.21. The van der Waals surface area contributed by atoms with Crippen LogP contribution in [0.4, 0.5) is 0 Å². The molecule has 1 aliphatic heterocycles. The van der Waals surface area contributed by atoms with Gasteiger partial charge in [0.25, 0.3) is 0 Å². The average Bonchev–Trinajstić information content (AvgIpc) is 2.29. The summed E-state index contributed by atoms with van der Waals surface area (Å²) in [6, 6.07) is -0.717. The predicted molar refractivity (Wildman–Crippen MR) is 69.1 cm³/mol. The smallest absolute Gasteiger partial charge is 0.326 e. The van der Waals surface area contributed by atoms with Crippen LogP contribution in [0, 0.1) is 5.92 Å². The number of aliphatic carboxylic acids is 1. The number of thioether (sulfide) groups is 1. The highest BCUT2D eigenvalue weighted by Gasteiger charge is 2.22. The molecule has 1 atom stereocenters. The van der Waals surface area contributed by atoms with Gasteiger partial charge in [-0.1, -0.05) is 13.3 Å². The fourth-order valence-corrected chi connectivity index (χ4v) is 3.22.